The van der Waals surface area contributed by atoms with Gasteiger partial charge < -0.3 is 9.67 Å². The Hall–Kier alpha value is -1.81. The molecule has 0 atom stereocenters. The number of carbonyl (C=O) groups is 1. The number of halogens is 2. The van der Waals surface area contributed by atoms with Crippen molar-refractivity contribution in [2.24, 2.45) is 0 Å². The minimum atomic E-state index is -1.08. The summed E-state index contributed by atoms with van der Waals surface area (Å²) in [6, 6.07) is 5.72. The SMILES string of the molecule is Cc1cc(-n2cc(Cl)cc2C(=O)O)ccc1F. The van der Waals surface area contributed by atoms with Crippen LogP contribution in [0.3, 0.4) is 0 Å². The molecule has 3 nitrogen and oxygen atoms in total. The van der Waals surface area contributed by atoms with Crippen LogP contribution in [0.15, 0.2) is 30.5 Å². The molecule has 1 N–H and O–H groups in total. The summed E-state index contributed by atoms with van der Waals surface area (Å²) >= 11 is 5.77. The van der Waals surface area contributed by atoms with Crippen LogP contribution >= 0.6 is 11.6 Å². The van der Waals surface area contributed by atoms with E-state index in [1.54, 1.807) is 13.0 Å². The second-order valence-electron chi connectivity index (χ2n) is 3.65. The molecule has 1 heterocycles. The molecule has 0 radical (unpaired) electrons. The maximum absolute atomic E-state index is 13.1. The largest absolute Gasteiger partial charge is 0.477 e. The highest BCUT2D eigenvalue weighted by Crippen LogP contribution is 2.21. The summed E-state index contributed by atoms with van der Waals surface area (Å²) in [4.78, 5) is 11.0. The number of carboxylic acids is 1. The first kappa shape index (κ1) is 11.7. The van der Waals surface area contributed by atoms with Crippen LogP contribution in [0.1, 0.15) is 16.1 Å². The zero-order valence-corrected chi connectivity index (χ0v) is 9.70. The van der Waals surface area contributed by atoms with E-state index in [0.717, 1.165) is 0 Å². The number of aromatic nitrogens is 1. The van der Waals surface area contributed by atoms with Gasteiger partial charge in [0.15, 0.2) is 0 Å². The lowest BCUT2D eigenvalue weighted by atomic mass is 10.2. The van der Waals surface area contributed by atoms with Crippen LogP contribution in [-0.4, -0.2) is 15.6 Å². The Labute approximate surface area is 102 Å². The number of carboxylic acid groups (broad SMARTS) is 1. The molecule has 0 saturated carbocycles. The van der Waals surface area contributed by atoms with Crippen LogP contribution in [-0.2, 0) is 0 Å². The quantitative estimate of drug-likeness (QED) is 0.892. The van der Waals surface area contributed by atoms with Gasteiger partial charge in [-0.15, -0.1) is 0 Å². The van der Waals surface area contributed by atoms with Gasteiger partial charge in [-0.1, -0.05) is 11.6 Å². The van der Waals surface area contributed by atoms with E-state index in [9.17, 15) is 9.18 Å². The van der Waals surface area contributed by atoms with Crippen LogP contribution in [0, 0.1) is 12.7 Å². The fourth-order valence-corrected chi connectivity index (χ4v) is 1.79. The van der Waals surface area contributed by atoms with Crippen molar-refractivity contribution in [3.05, 3.63) is 52.6 Å². The number of aromatic carboxylic acids is 1. The van der Waals surface area contributed by atoms with Crippen LogP contribution in [0.5, 0.6) is 0 Å². The predicted octanol–water partition coefficient (Wildman–Crippen LogP) is 3.28. The minimum absolute atomic E-state index is 0.0426. The summed E-state index contributed by atoms with van der Waals surface area (Å²) in [5, 5.41) is 9.33. The van der Waals surface area contributed by atoms with Crippen molar-refractivity contribution in [1.82, 2.24) is 4.57 Å². The number of aryl methyl sites for hydroxylation is 1. The summed E-state index contributed by atoms with van der Waals surface area (Å²) < 4.78 is 14.5. The molecule has 1 aromatic heterocycles. The number of nitrogens with zero attached hydrogens (tertiary/aromatic N) is 1. The Morgan fingerprint density at radius 2 is 2.12 bits per heavy atom. The van der Waals surface area contributed by atoms with E-state index in [1.807, 2.05) is 0 Å². The van der Waals surface area contributed by atoms with Crippen molar-refractivity contribution in [3.63, 3.8) is 0 Å². The van der Waals surface area contributed by atoms with Crippen LogP contribution in [0.25, 0.3) is 5.69 Å². The summed E-state index contributed by atoms with van der Waals surface area (Å²) in [5.74, 6) is -1.41. The molecule has 0 fully saturated rings. The van der Waals surface area contributed by atoms with E-state index in [-0.39, 0.29) is 11.5 Å². The predicted molar refractivity (Wildman–Crippen MR) is 62.4 cm³/mol. The Morgan fingerprint density at radius 1 is 1.41 bits per heavy atom. The number of hydrogen-bond donors (Lipinski definition) is 1. The lowest BCUT2D eigenvalue weighted by molar-refractivity contribution is 0.0688. The smallest absolute Gasteiger partial charge is 0.352 e. The summed E-state index contributed by atoms with van der Waals surface area (Å²) in [6.45, 7) is 1.62. The fourth-order valence-electron chi connectivity index (χ4n) is 1.59. The van der Waals surface area contributed by atoms with E-state index in [4.69, 9.17) is 16.7 Å². The third-order valence-electron chi connectivity index (χ3n) is 2.43. The zero-order chi connectivity index (χ0) is 12.6. The number of hydrogen-bond acceptors (Lipinski definition) is 1. The van der Waals surface area contributed by atoms with E-state index in [0.29, 0.717) is 16.3 Å². The average Bonchev–Trinajstić information content (AvgIpc) is 2.64. The lowest BCUT2D eigenvalue weighted by Gasteiger charge is -2.07. The fraction of sp³-hybridized carbons (Fsp3) is 0.0833. The first-order chi connectivity index (χ1) is 7.99. The first-order valence-electron chi connectivity index (χ1n) is 4.87. The average molecular weight is 254 g/mol. The van der Waals surface area contributed by atoms with Gasteiger partial charge in [-0.25, -0.2) is 9.18 Å². The molecule has 88 valence electrons. The van der Waals surface area contributed by atoms with Crippen molar-refractivity contribution in [3.8, 4) is 5.69 Å². The van der Waals surface area contributed by atoms with Gasteiger partial charge in [-0.2, -0.15) is 0 Å². The van der Waals surface area contributed by atoms with Gasteiger partial charge >= 0.3 is 5.97 Å². The van der Waals surface area contributed by atoms with Crippen molar-refractivity contribution in [1.29, 1.82) is 0 Å². The standard InChI is InChI=1S/C12H9ClFNO2/c1-7-4-9(2-3-10(7)14)15-6-8(13)5-11(15)12(16)17/h2-6H,1H3,(H,16,17). The molecule has 0 aliphatic heterocycles. The van der Waals surface area contributed by atoms with Crippen molar-refractivity contribution in [2.45, 2.75) is 6.92 Å². The van der Waals surface area contributed by atoms with Crippen molar-refractivity contribution >= 4 is 17.6 Å². The Morgan fingerprint density at radius 3 is 2.71 bits per heavy atom. The third-order valence-corrected chi connectivity index (χ3v) is 2.63. The number of rotatable bonds is 2. The van der Waals surface area contributed by atoms with E-state index in [2.05, 4.69) is 0 Å². The molecule has 1 aromatic carbocycles. The molecule has 0 saturated heterocycles. The van der Waals surface area contributed by atoms with Gasteiger partial charge in [0.25, 0.3) is 0 Å². The molecule has 0 amide bonds. The van der Waals surface area contributed by atoms with E-state index in [1.165, 1.54) is 29.0 Å². The van der Waals surface area contributed by atoms with Gasteiger partial charge in [0.1, 0.15) is 11.5 Å². The molecule has 2 aromatic rings. The Balaban J connectivity index is 2.59. The second-order valence-corrected chi connectivity index (χ2v) is 4.09. The molecular weight excluding hydrogens is 245 g/mol. The van der Waals surface area contributed by atoms with Gasteiger partial charge in [0.2, 0.25) is 0 Å². The van der Waals surface area contributed by atoms with Crippen LogP contribution < -0.4 is 0 Å². The van der Waals surface area contributed by atoms with Crippen molar-refractivity contribution < 1.29 is 14.3 Å². The van der Waals surface area contributed by atoms with Crippen molar-refractivity contribution in [2.75, 3.05) is 0 Å². The zero-order valence-electron chi connectivity index (χ0n) is 8.95. The van der Waals surface area contributed by atoms with Gasteiger partial charge in [-0.3, -0.25) is 0 Å². The molecule has 0 unspecified atom stereocenters. The molecule has 0 aliphatic rings. The van der Waals surface area contributed by atoms with Crippen LogP contribution in [0.2, 0.25) is 5.02 Å². The lowest BCUT2D eigenvalue weighted by Crippen LogP contribution is -2.05. The minimum Gasteiger partial charge on any atom is -0.477 e. The second kappa shape index (κ2) is 4.22. The van der Waals surface area contributed by atoms with Crippen LogP contribution in [0.4, 0.5) is 4.39 Å². The van der Waals surface area contributed by atoms with E-state index < -0.39 is 5.97 Å². The molecule has 0 spiro atoms. The molecule has 0 bridgehead atoms. The van der Waals surface area contributed by atoms with Gasteiger partial charge in [-0.05, 0) is 36.8 Å². The molecule has 2 rings (SSSR count). The Kier molecular flexibility index (Phi) is 2.90. The molecule has 5 heteroatoms. The topological polar surface area (TPSA) is 42.2 Å². The monoisotopic (exact) mass is 253 g/mol. The third kappa shape index (κ3) is 2.17. The van der Waals surface area contributed by atoms with Gasteiger partial charge in [0, 0.05) is 11.9 Å². The highest BCUT2D eigenvalue weighted by Gasteiger charge is 2.13. The normalized spacial score (nSPS) is 10.5. The summed E-state index contributed by atoms with van der Waals surface area (Å²) in [6.07, 6.45) is 1.48. The number of benzene rings is 1. The highest BCUT2D eigenvalue weighted by molar-refractivity contribution is 6.31. The van der Waals surface area contributed by atoms with E-state index >= 15 is 0 Å². The Bertz CT molecular complexity index is 592. The maximum atomic E-state index is 13.1. The highest BCUT2D eigenvalue weighted by atomic mass is 35.5. The maximum Gasteiger partial charge on any atom is 0.352 e. The molecular formula is C12H9ClFNO2. The molecule has 17 heavy (non-hydrogen) atoms. The summed E-state index contributed by atoms with van der Waals surface area (Å²) in [7, 11) is 0. The first-order valence-corrected chi connectivity index (χ1v) is 5.24. The summed E-state index contributed by atoms with van der Waals surface area (Å²) in [5.41, 5.74) is 1.05. The van der Waals surface area contributed by atoms with Gasteiger partial charge in [0.05, 0.1) is 5.02 Å². The molecule has 0 aliphatic carbocycles.